The SMILES string of the molecule is COCC(CNC(C)c1ccc(Br)cc1F)OC. The lowest BCUT2D eigenvalue weighted by Gasteiger charge is -2.20. The van der Waals surface area contributed by atoms with Gasteiger partial charge in [-0.25, -0.2) is 4.39 Å². The molecule has 102 valence electrons. The maximum absolute atomic E-state index is 13.7. The molecular weight excluding hydrogens is 301 g/mol. The van der Waals surface area contributed by atoms with Crippen LogP contribution >= 0.6 is 15.9 Å². The second kappa shape index (κ2) is 7.84. The first-order valence-corrected chi connectivity index (χ1v) is 6.57. The van der Waals surface area contributed by atoms with Crippen LogP contribution in [0.25, 0.3) is 0 Å². The number of halogens is 2. The second-order valence-corrected chi connectivity index (χ2v) is 5.02. The Labute approximate surface area is 116 Å². The molecule has 0 radical (unpaired) electrons. The number of benzene rings is 1. The molecule has 0 bridgehead atoms. The second-order valence-electron chi connectivity index (χ2n) is 4.11. The Hall–Kier alpha value is -0.490. The zero-order chi connectivity index (χ0) is 13.5. The van der Waals surface area contributed by atoms with E-state index in [-0.39, 0.29) is 18.0 Å². The van der Waals surface area contributed by atoms with Crippen molar-refractivity contribution in [2.75, 3.05) is 27.4 Å². The number of hydrogen-bond acceptors (Lipinski definition) is 3. The summed E-state index contributed by atoms with van der Waals surface area (Å²) in [4.78, 5) is 0. The Balaban J connectivity index is 2.56. The van der Waals surface area contributed by atoms with Gasteiger partial charge >= 0.3 is 0 Å². The molecule has 2 unspecified atom stereocenters. The van der Waals surface area contributed by atoms with Crippen LogP contribution in [0.5, 0.6) is 0 Å². The van der Waals surface area contributed by atoms with Gasteiger partial charge in [-0.1, -0.05) is 22.0 Å². The Morgan fingerprint density at radius 1 is 1.39 bits per heavy atom. The maximum atomic E-state index is 13.7. The molecule has 1 rings (SSSR count). The molecule has 0 fully saturated rings. The lowest BCUT2D eigenvalue weighted by atomic mass is 10.1. The average molecular weight is 320 g/mol. The molecule has 3 nitrogen and oxygen atoms in total. The van der Waals surface area contributed by atoms with E-state index < -0.39 is 0 Å². The fraction of sp³-hybridized carbons (Fsp3) is 0.538. The number of rotatable bonds is 7. The van der Waals surface area contributed by atoms with Crippen molar-refractivity contribution in [3.63, 3.8) is 0 Å². The van der Waals surface area contributed by atoms with Crippen LogP contribution in [0.3, 0.4) is 0 Å². The average Bonchev–Trinajstić information content (AvgIpc) is 2.34. The molecule has 0 saturated carbocycles. The van der Waals surface area contributed by atoms with Crippen LogP contribution in [0.4, 0.5) is 4.39 Å². The molecule has 0 saturated heterocycles. The monoisotopic (exact) mass is 319 g/mol. The lowest BCUT2D eigenvalue weighted by molar-refractivity contribution is 0.0276. The Morgan fingerprint density at radius 3 is 2.67 bits per heavy atom. The smallest absolute Gasteiger partial charge is 0.129 e. The molecule has 0 aliphatic rings. The Bertz CT molecular complexity index is 376. The van der Waals surface area contributed by atoms with Gasteiger partial charge in [-0.15, -0.1) is 0 Å². The number of methoxy groups -OCH3 is 2. The summed E-state index contributed by atoms with van der Waals surface area (Å²) in [5, 5.41) is 3.23. The van der Waals surface area contributed by atoms with Crippen LogP contribution in [-0.4, -0.2) is 33.5 Å². The molecule has 0 amide bonds. The third kappa shape index (κ3) is 4.65. The fourth-order valence-corrected chi connectivity index (χ4v) is 2.00. The molecule has 1 aromatic rings. The van der Waals surface area contributed by atoms with Gasteiger partial charge in [0.05, 0.1) is 12.7 Å². The summed E-state index contributed by atoms with van der Waals surface area (Å²) in [5.41, 5.74) is 0.644. The van der Waals surface area contributed by atoms with Gasteiger partial charge in [0, 0.05) is 36.8 Å². The van der Waals surface area contributed by atoms with Gasteiger partial charge < -0.3 is 14.8 Å². The normalized spacial score (nSPS) is 14.5. The molecule has 1 aromatic carbocycles. The predicted octanol–water partition coefficient (Wildman–Crippen LogP) is 2.90. The highest BCUT2D eigenvalue weighted by Gasteiger charge is 2.13. The molecule has 0 aliphatic carbocycles. The number of ether oxygens (including phenoxy) is 2. The van der Waals surface area contributed by atoms with Gasteiger partial charge in [0.25, 0.3) is 0 Å². The highest BCUT2D eigenvalue weighted by molar-refractivity contribution is 9.10. The van der Waals surface area contributed by atoms with E-state index in [1.54, 1.807) is 20.3 Å². The van der Waals surface area contributed by atoms with E-state index in [1.165, 1.54) is 6.07 Å². The number of hydrogen-bond donors (Lipinski definition) is 1. The summed E-state index contributed by atoms with van der Waals surface area (Å²) in [6.07, 6.45) is -0.0315. The minimum Gasteiger partial charge on any atom is -0.382 e. The molecule has 0 spiro atoms. The van der Waals surface area contributed by atoms with Crippen molar-refractivity contribution >= 4 is 15.9 Å². The lowest BCUT2D eigenvalue weighted by Crippen LogP contribution is -2.33. The molecule has 2 atom stereocenters. The van der Waals surface area contributed by atoms with E-state index in [0.717, 1.165) is 4.47 Å². The van der Waals surface area contributed by atoms with Crippen LogP contribution in [-0.2, 0) is 9.47 Å². The summed E-state index contributed by atoms with van der Waals surface area (Å²) in [5.74, 6) is -0.218. The first-order chi connectivity index (χ1) is 8.58. The highest BCUT2D eigenvalue weighted by atomic mass is 79.9. The van der Waals surface area contributed by atoms with Gasteiger partial charge in [-0.3, -0.25) is 0 Å². The minimum absolute atomic E-state index is 0.0315. The van der Waals surface area contributed by atoms with E-state index in [1.807, 2.05) is 13.0 Å². The van der Waals surface area contributed by atoms with E-state index in [9.17, 15) is 4.39 Å². The Kier molecular flexibility index (Phi) is 6.78. The molecule has 1 N–H and O–H groups in total. The maximum Gasteiger partial charge on any atom is 0.129 e. The molecule has 0 aliphatic heterocycles. The molecular formula is C13H19BrFNO2. The first kappa shape index (κ1) is 15.6. The largest absolute Gasteiger partial charge is 0.382 e. The van der Waals surface area contributed by atoms with Crippen LogP contribution in [0.15, 0.2) is 22.7 Å². The van der Waals surface area contributed by atoms with E-state index in [2.05, 4.69) is 21.2 Å². The third-order valence-electron chi connectivity index (χ3n) is 2.77. The zero-order valence-electron chi connectivity index (χ0n) is 10.9. The minimum atomic E-state index is -0.218. The molecule has 18 heavy (non-hydrogen) atoms. The van der Waals surface area contributed by atoms with Crippen LogP contribution in [0.1, 0.15) is 18.5 Å². The van der Waals surface area contributed by atoms with Gasteiger partial charge in [-0.2, -0.15) is 0 Å². The molecule has 0 heterocycles. The molecule has 5 heteroatoms. The van der Waals surface area contributed by atoms with E-state index in [0.29, 0.717) is 18.7 Å². The molecule has 0 aromatic heterocycles. The summed E-state index contributed by atoms with van der Waals surface area (Å²) < 4.78 is 24.7. The highest BCUT2D eigenvalue weighted by Crippen LogP contribution is 2.20. The van der Waals surface area contributed by atoms with Gasteiger partial charge in [-0.05, 0) is 19.1 Å². The van der Waals surface area contributed by atoms with Crippen molar-refractivity contribution in [2.24, 2.45) is 0 Å². The summed E-state index contributed by atoms with van der Waals surface area (Å²) in [6, 6.07) is 5.00. The van der Waals surface area contributed by atoms with E-state index >= 15 is 0 Å². The van der Waals surface area contributed by atoms with Crippen molar-refractivity contribution in [1.29, 1.82) is 0 Å². The summed E-state index contributed by atoms with van der Waals surface area (Å²) >= 11 is 3.24. The van der Waals surface area contributed by atoms with Gasteiger partial charge in [0.2, 0.25) is 0 Å². The van der Waals surface area contributed by atoms with Crippen molar-refractivity contribution in [3.8, 4) is 0 Å². The van der Waals surface area contributed by atoms with Crippen molar-refractivity contribution in [3.05, 3.63) is 34.1 Å². The van der Waals surface area contributed by atoms with Crippen molar-refractivity contribution < 1.29 is 13.9 Å². The van der Waals surface area contributed by atoms with Crippen LogP contribution < -0.4 is 5.32 Å². The fourth-order valence-electron chi connectivity index (χ4n) is 1.67. The van der Waals surface area contributed by atoms with Gasteiger partial charge in [0.1, 0.15) is 5.82 Å². The first-order valence-electron chi connectivity index (χ1n) is 5.78. The third-order valence-corrected chi connectivity index (χ3v) is 3.26. The topological polar surface area (TPSA) is 30.5 Å². The predicted molar refractivity (Wildman–Crippen MR) is 73.2 cm³/mol. The van der Waals surface area contributed by atoms with Crippen LogP contribution in [0.2, 0.25) is 0 Å². The standard InChI is InChI=1S/C13H19BrFNO2/c1-9(16-7-11(18-3)8-17-2)12-5-4-10(14)6-13(12)15/h4-6,9,11,16H,7-8H2,1-3H3. The zero-order valence-corrected chi connectivity index (χ0v) is 12.5. The van der Waals surface area contributed by atoms with Crippen LogP contribution in [0, 0.1) is 5.82 Å². The van der Waals surface area contributed by atoms with Gasteiger partial charge in [0.15, 0.2) is 0 Å². The van der Waals surface area contributed by atoms with Crippen molar-refractivity contribution in [1.82, 2.24) is 5.32 Å². The van der Waals surface area contributed by atoms with Crippen molar-refractivity contribution in [2.45, 2.75) is 19.1 Å². The quantitative estimate of drug-likeness (QED) is 0.838. The number of nitrogens with one attached hydrogen (secondary N) is 1. The summed E-state index contributed by atoms with van der Waals surface area (Å²) in [6.45, 7) is 3.05. The summed E-state index contributed by atoms with van der Waals surface area (Å²) in [7, 11) is 3.26. The van der Waals surface area contributed by atoms with E-state index in [4.69, 9.17) is 9.47 Å². The Morgan fingerprint density at radius 2 is 2.11 bits per heavy atom.